The topological polar surface area (TPSA) is 41.1 Å². The monoisotopic (exact) mass is 292 g/mol. The van der Waals surface area contributed by atoms with Gasteiger partial charge in [0.25, 0.3) is 0 Å². The lowest BCUT2D eigenvalue weighted by Crippen LogP contribution is -2.53. The van der Waals surface area contributed by atoms with Crippen LogP contribution in [-0.2, 0) is 4.79 Å². The standard InChI is InChI=1S/C18H32N2O/c1-12(2)18(8-9-19-11-18)15(21)20-14-10-13-6-7-17(14,5)16(13,3)4/h12-14,19H,6-11H2,1-5H3,(H,20,21). The van der Waals surface area contributed by atoms with Crippen molar-refractivity contribution in [3.63, 3.8) is 0 Å². The van der Waals surface area contributed by atoms with E-state index in [0.29, 0.717) is 23.3 Å². The molecule has 4 atom stereocenters. The summed E-state index contributed by atoms with van der Waals surface area (Å²) in [5.74, 6) is 1.48. The second-order valence-electron chi connectivity index (χ2n) is 8.87. The molecule has 2 bridgehead atoms. The van der Waals surface area contributed by atoms with E-state index in [1.54, 1.807) is 0 Å². The van der Waals surface area contributed by atoms with E-state index in [1.165, 1.54) is 19.3 Å². The van der Waals surface area contributed by atoms with Gasteiger partial charge in [0.1, 0.15) is 0 Å². The number of rotatable bonds is 3. The summed E-state index contributed by atoms with van der Waals surface area (Å²) in [5.41, 5.74) is 0.448. The van der Waals surface area contributed by atoms with Crippen molar-refractivity contribution in [1.29, 1.82) is 0 Å². The van der Waals surface area contributed by atoms with Gasteiger partial charge in [-0.1, -0.05) is 34.6 Å². The summed E-state index contributed by atoms with van der Waals surface area (Å²) in [4.78, 5) is 13.0. The Morgan fingerprint density at radius 2 is 1.95 bits per heavy atom. The molecule has 1 saturated heterocycles. The minimum atomic E-state index is -0.192. The molecule has 2 aliphatic carbocycles. The smallest absolute Gasteiger partial charge is 0.228 e. The number of nitrogens with one attached hydrogen (secondary N) is 2. The molecule has 1 heterocycles. The van der Waals surface area contributed by atoms with E-state index in [2.05, 4.69) is 45.3 Å². The highest BCUT2D eigenvalue weighted by molar-refractivity contribution is 5.84. The first-order chi connectivity index (χ1) is 9.74. The maximum atomic E-state index is 13.0. The van der Waals surface area contributed by atoms with E-state index in [4.69, 9.17) is 0 Å². The average molecular weight is 292 g/mol. The van der Waals surface area contributed by atoms with Crippen LogP contribution in [0.2, 0.25) is 0 Å². The molecule has 3 nitrogen and oxygen atoms in total. The van der Waals surface area contributed by atoms with Crippen LogP contribution in [0.4, 0.5) is 0 Å². The van der Waals surface area contributed by atoms with E-state index in [1.807, 2.05) is 0 Å². The first-order valence-electron chi connectivity index (χ1n) is 8.76. The highest BCUT2D eigenvalue weighted by atomic mass is 16.2. The molecule has 0 aromatic rings. The fraction of sp³-hybridized carbons (Fsp3) is 0.944. The number of carbonyl (C=O) groups excluding carboxylic acids is 1. The van der Waals surface area contributed by atoms with Gasteiger partial charge in [0.15, 0.2) is 0 Å². The molecule has 3 heteroatoms. The minimum Gasteiger partial charge on any atom is -0.352 e. The predicted octanol–water partition coefficient (Wildman–Crippen LogP) is 2.95. The highest BCUT2D eigenvalue weighted by Gasteiger charge is 2.62. The zero-order chi connectivity index (χ0) is 15.5. The first kappa shape index (κ1) is 15.3. The predicted molar refractivity (Wildman–Crippen MR) is 85.9 cm³/mol. The van der Waals surface area contributed by atoms with Crippen molar-refractivity contribution in [2.45, 2.75) is 66.3 Å². The third-order valence-corrected chi connectivity index (χ3v) is 7.85. The average Bonchev–Trinajstić information content (AvgIpc) is 3.02. The van der Waals surface area contributed by atoms with Crippen LogP contribution in [0.5, 0.6) is 0 Å². The number of carbonyl (C=O) groups is 1. The van der Waals surface area contributed by atoms with Gasteiger partial charge in [0, 0.05) is 12.6 Å². The molecule has 2 N–H and O–H groups in total. The molecule has 0 spiro atoms. The zero-order valence-electron chi connectivity index (χ0n) is 14.4. The molecule has 0 radical (unpaired) electrons. The molecular formula is C18H32N2O. The van der Waals surface area contributed by atoms with Gasteiger partial charge >= 0.3 is 0 Å². The SMILES string of the molecule is CC(C)C1(C(=O)NC2CC3CCC2(C)C3(C)C)CCNC1. The number of hydrogen-bond donors (Lipinski definition) is 2. The summed E-state index contributed by atoms with van der Waals surface area (Å²) in [5, 5.41) is 6.89. The van der Waals surface area contributed by atoms with Crippen molar-refractivity contribution in [2.24, 2.45) is 28.1 Å². The number of hydrogen-bond acceptors (Lipinski definition) is 2. The minimum absolute atomic E-state index is 0.192. The molecular weight excluding hydrogens is 260 g/mol. The molecule has 3 rings (SSSR count). The van der Waals surface area contributed by atoms with Gasteiger partial charge in [0.2, 0.25) is 5.91 Å². The summed E-state index contributed by atoms with van der Waals surface area (Å²) >= 11 is 0. The van der Waals surface area contributed by atoms with E-state index in [-0.39, 0.29) is 10.8 Å². The van der Waals surface area contributed by atoms with Crippen molar-refractivity contribution in [2.75, 3.05) is 13.1 Å². The van der Waals surface area contributed by atoms with Gasteiger partial charge in [-0.15, -0.1) is 0 Å². The van der Waals surface area contributed by atoms with Crippen LogP contribution < -0.4 is 10.6 Å². The second kappa shape index (κ2) is 4.71. The quantitative estimate of drug-likeness (QED) is 0.839. The molecule has 3 fully saturated rings. The van der Waals surface area contributed by atoms with Gasteiger partial charge in [-0.05, 0) is 54.9 Å². The molecule has 3 aliphatic rings. The van der Waals surface area contributed by atoms with Crippen LogP contribution in [-0.4, -0.2) is 25.0 Å². The normalized spacial score (nSPS) is 44.5. The van der Waals surface area contributed by atoms with Crippen LogP contribution in [0.15, 0.2) is 0 Å². The van der Waals surface area contributed by atoms with E-state index in [9.17, 15) is 4.79 Å². The third kappa shape index (κ3) is 1.92. The lowest BCUT2D eigenvalue weighted by Gasteiger charge is -2.41. The van der Waals surface area contributed by atoms with Crippen molar-refractivity contribution >= 4 is 5.91 Å². The van der Waals surface area contributed by atoms with Crippen LogP contribution in [0.25, 0.3) is 0 Å². The van der Waals surface area contributed by atoms with Crippen LogP contribution in [0.3, 0.4) is 0 Å². The Morgan fingerprint density at radius 3 is 2.38 bits per heavy atom. The van der Waals surface area contributed by atoms with Gasteiger partial charge in [-0.3, -0.25) is 4.79 Å². The Hall–Kier alpha value is -0.570. The maximum absolute atomic E-state index is 13.0. The van der Waals surface area contributed by atoms with Gasteiger partial charge in [-0.2, -0.15) is 0 Å². The lowest BCUT2D eigenvalue weighted by atomic mass is 9.68. The van der Waals surface area contributed by atoms with E-state index < -0.39 is 0 Å². The molecule has 1 amide bonds. The maximum Gasteiger partial charge on any atom is 0.228 e. The summed E-state index contributed by atoms with van der Waals surface area (Å²) in [6.07, 6.45) is 4.76. The number of amides is 1. The summed E-state index contributed by atoms with van der Waals surface area (Å²) in [7, 11) is 0. The fourth-order valence-corrected chi connectivity index (χ4v) is 5.38. The first-order valence-corrected chi connectivity index (χ1v) is 8.76. The third-order valence-electron chi connectivity index (χ3n) is 7.85. The molecule has 4 unspecified atom stereocenters. The Kier molecular flexibility index (Phi) is 3.44. The second-order valence-corrected chi connectivity index (χ2v) is 8.87. The molecule has 2 saturated carbocycles. The van der Waals surface area contributed by atoms with Crippen molar-refractivity contribution in [3.05, 3.63) is 0 Å². The highest BCUT2D eigenvalue weighted by Crippen LogP contribution is 2.65. The van der Waals surface area contributed by atoms with E-state index >= 15 is 0 Å². The summed E-state index contributed by atoms with van der Waals surface area (Å²) in [6, 6.07) is 0.370. The molecule has 0 aromatic heterocycles. The van der Waals surface area contributed by atoms with Crippen molar-refractivity contribution in [3.8, 4) is 0 Å². The van der Waals surface area contributed by atoms with Crippen LogP contribution >= 0.6 is 0 Å². The molecule has 1 aliphatic heterocycles. The fourth-order valence-electron chi connectivity index (χ4n) is 5.38. The summed E-state index contributed by atoms with van der Waals surface area (Å²) in [6.45, 7) is 13.4. The van der Waals surface area contributed by atoms with Gasteiger partial charge in [0.05, 0.1) is 5.41 Å². The zero-order valence-corrected chi connectivity index (χ0v) is 14.4. The van der Waals surface area contributed by atoms with Crippen molar-refractivity contribution < 1.29 is 4.79 Å². The lowest BCUT2D eigenvalue weighted by molar-refractivity contribution is -0.134. The van der Waals surface area contributed by atoms with E-state index in [0.717, 1.165) is 25.4 Å². The summed E-state index contributed by atoms with van der Waals surface area (Å²) < 4.78 is 0. The van der Waals surface area contributed by atoms with Crippen LogP contribution in [0, 0.1) is 28.1 Å². The Balaban J connectivity index is 1.77. The van der Waals surface area contributed by atoms with Crippen molar-refractivity contribution in [1.82, 2.24) is 10.6 Å². The Labute approximate surface area is 129 Å². The molecule has 0 aromatic carbocycles. The Bertz CT molecular complexity index is 436. The van der Waals surface area contributed by atoms with Crippen LogP contribution in [0.1, 0.15) is 60.3 Å². The molecule has 120 valence electrons. The largest absolute Gasteiger partial charge is 0.352 e. The number of fused-ring (bicyclic) bond motifs is 2. The molecule has 21 heavy (non-hydrogen) atoms. The van der Waals surface area contributed by atoms with Gasteiger partial charge in [-0.25, -0.2) is 0 Å². The Morgan fingerprint density at radius 1 is 1.24 bits per heavy atom. The van der Waals surface area contributed by atoms with Gasteiger partial charge < -0.3 is 10.6 Å².